The average Bonchev–Trinajstić information content (AvgIpc) is 2.78. The summed E-state index contributed by atoms with van der Waals surface area (Å²) in [5, 5.41) is 9.79. The molecule has 0 aliphatic rings. The second-order valence-electron chi connectivity index (χ2n) is 3.52. The van der Waals surface area contributed by atoms with Crippen LogP contribution in [0.15, 0.2) is 27.1 Å². The molecule has 0 fully saturated rings. The molecule has 9 heteroatoms. The van der Waals surface area contributed by atoms with Gasteiger partial charge >= 0.3 is 12.2 Å². The smallest absolute Gasteiger partial charge is 0.406 e. The van der Waals surface area contributed by atoms with E-state index in [1.54, 1.807) is 0 Å². The highest BCUT2D eigenvalue weighted by Gasteiger charge is 2.31. The van der Waals surface area contributed by atoms with Gasteiger partial charge in [0, 0.05) is 4.47 Å². The Morgan fingerprint density at radius 2 is 2.05 bits per heavy atom. The van der Waals surface area contributed by atoms with Gasteiger partial charge in [0.1, 0.15) is 0 Å². The summed E-state index contributed by atoms with van der Waals surface area (Å²) in [7, 11) is 0. The van der Waals surface area contributed by atoms with Crippen molar-refractivity contribution in [2.75, 3.05) is 5.32 Å². The number of nitrogens with two attached hydrogens (primary N) is 1. The summed E-state index contributed by atoms with van der Waals surface area (Å²) in [6, 6.07) is 3.16. The van der Waals surface area contributed by atoms with Gasteiger partial charge < -0.3 is 15.5 Å². The van der Waals surface area contributed by atoms with Crippen LogP contribution in [0.1, 0.15) is 11.5 Å². The van der Waals surface area contributed by atoms with E-state index in [9.17, 15) is 13.2 Å². The second kappa shape index (κ2) is 5.17. The zero-order valence-electron chi connectivity index (χ0n) is 9.33. The second-order valence-corrected chi connectivity index (χ2v) is 4.38. The van der Waals surface area contributed by atoms with Gasteiger partial charge in [0.25, 0.3) is 0 Å². The lowest BCUT2D eigenvalue weighted by atomic mass is 10.2. The normalized spacial score (nSPS) is 11.6. The van der Waals surface area contributed by atoms with Gasteiger partial charge in [-0.1, -0.05) is 5.10 Å². The van der Waals surface area contributed by atoms with Gasteiger partial charge in [-0.05, 0) is 34.1 Å². The highest BCUT2D eigenvalue weighted by molar-refractivity contribution is 9.10. The number of hydrogen-bond acceptors (Lipinski definition) is 5. The summed E-state index contributed by atoms with van der Waals surface area (Å²) in [5.74, 6) is 0.186. The van der Waals surface area contributed by atoms with Gasteiger partial charge in [0.05, 0.1) is 17.8 Å². The number of hydrogen-bond donors (Lipinski definition) is 2. The standard InChI is InChI=1S/C10H8BrF3N4O/c11-6-2-1-5(10(12,13)14)3-7(6)16-9-18-17-8(4-15)19-9/h1-3H,4,15H2,(H,16,18). The largest absolute Gasteiger partial charge is 0.416 e. The molecule has 0 bridgehead atoms. The first kappa shape index (κ1) is 13.8. The maximum Gasteiger partial charge on any atom is 0.416 e. The predicted molar refractivity (Wildman–Crippen MR) is 64.6 cm³/mol. The molecule has 0 aliphatic heterocycles. The van der Waals surface area contributed by atoms with E-state index in [2.05, 4.69) is 31.4 Å². The molecule has 0 radical (unpaired) electrons. The lowest BCUT2D eigenvalue weighted by Gasteiger charge is -2.10. The van der Waals surface area contributed by atoms with E-state index in [1.807, 2.05) is 0 Å². The van der Waals surface area contributed by atoms with Crippen LogP contribution in [0.2, 0.25) is 0 Å². The summed E-state index contributed by atoms with van der Waals surface area (Å²) in [4.78, 5) is 0. The molecule has 5 nitrogen and oxygen atoms in total. The van der Waals surface area contributed by atoms with Crippen LogP contribution in [0.5, 0.6) is 0 Å². The Morgan fingerprint density at radius 1 is 1.32 bits per heavy atom. The number of halogens is 4. The first-order valence-electron chi connectivity index (χ1n) is 5.06. The maximum absolute atomic E-state index is 12.6. The molecular weight excluding hydrogens is 329 g/mol. The van der Waals surface area contributed by atoms with Crippen molar-refractivity contribution < 1.29 is 17.6 Å². The molecule has 0 saturated heterocycles. The van der Waals surface area contributed by atoms with E-state index in [0.29, 0.717) is 4.47 Å². The van der Waals surface area contributed by atoms with Crippen molar-refractivity contribution in [1.82, 2.24) is 10.2 Å². The number of nitrogens with one attached hydrogen (secondary N) is 1. The molecule has 1 aromatic carbocycles. The summed E-state index contributed by atoms with van der Waals surface area (Å²) in [6.45, 7) is 0.0540. The highest BCUT2D eigenvalue weighted by Crippen LogP contribution is 2.34. The summed E-state index contributed by atoms with van der Waals surface area (Å²) in [5.41, 5.74) is 4.67. The van der Waals surface area contributed by atoms with Crippen LogP contribution in [-0.4, -0.2) is 10.2 Å². The van der Waals surface area contributed by atoms with Crippen LogP contribution in [0.25, 0.3) is 0 Å². The van der Waals surface area contributed by atoms with Crippen molar-refractivity contribution in [3.05, 3.63) is 34.1 Å². The van der Waals surface area contributed by atoms with Gasteiger partial charge in [-0.15, -0.1) is 5.10 Å². The number of nitrogens with zero attached hydrogens (tertiary/aromatic N) is 2. The minimum atomic E-state index is -4.42. The van der Waals surface area contributed by atoms with Crippen molar-refractivity contribution in [3.63, 3.8) is 0 Å². The summed E-state index contributed by atoms with van der Waals surface area (Å²) < 4.78 is 43.3. The summed E-state index contributed by atoms with van der Waals surface area (Å²) in [6.07, 6.45) is -4.42. The Hall–Kier alpha value is -1.61. The van der Waals surface area contributed by atoms with Crippen molar-refractivity contribution in [2.24, 2.45) is 5.73 Å². The molecule has 0 atom stereocenters. The molecule has 1 aromatic heterocycles. The topological polar surface area (TPSA) is 77.0 Å². The molecule has 0 saturated carbocycles. The average molecular weight is 337 g/mol. The van der Waals surface area contributed by atoms with Crippen LogP contribution < -0.4 is 11.1 Å². The van der Waals surface area contributed by atoms with E-state index in [4.69, 9.17) is 10.2 Å². The first-order valence-corrected chi connectivity index (χ1v) is 5.85. The fraction of sp³-hybridized carbons (Fsp3) is 0.200. The van der Waals surface area contributed by atoms with Crippen LogP contribution in [0.3, 0.4) is 0 Å². The van der Waals surface area contributed by atoms with E-state index < -0.39 is 11.7 Å². The Morgan fingerprint density at radius 3 is 2.63 bits per heavy atom. The molecule has 0 aliphatic carbocycles. The number of aromatic nitrogens is 2. The van der Waals surface area contributed by atoms with E-state index in [0.717, 1.165) is 12.1 Å². The molecule has 102 valence electrons. The molecule has 0 amide bonds. The number of rotatable bonds is 3. The van der Waals surface area contributed by atoms with Gasteiger partial charge in [-0.2, -0.15) is 13.2 Å². The maximum atomic E-state index is 12.6. The third-order valence-corrected chi connectivity index (χ3v) is 2.87. The Balaban J connectivity index is 2.28. The molecule has 3 N–H and O–H groups in total. The van der Waals surface area contributed by atoms with E-state index >= 15 is 0 Å². The first-order chi connectivity index (χ1) is 8.90. The van der Waals surface area contributed by atoms with Crippen molar-refractivity contribution in [2.45, 2.75) is 12.7 Å². The Kier molecular flexibility index (Phi) is 3.76. The van der Waals surface area contributed by atoms with Crippen LogP contribution >= 0.6 is 15.9 Å². The lowest BCUT2D eigenvalue weighted by Crippen LogP contribution is -2.05. The van der Waals surface area contributed by atoms with Gasteiger partial charge in [0.2, 0.25) is 5.89 Å². The molecule has 1 heterocycles. The molecular formula is C10H8BrF3N4O. The highest BCUT2D eigenvalue weighted by atomic mass is 79.9. The molecule has 2 rings (SSSR count). The van der Waals surface area contributed by atoms with Crippen molar-refractivity contribution >= 4 is 27.6 Å². The third kappa shape index (κ3) is 3.24. The van der Waals surface area contributed by atoms with Gasteiger partial charge in [-0.3, -0.25) is 0 Å². The molecule has 2 aromatic rings. The minimum absolute atomic E-state index is 0.0273. The molecule has 0 unspecified atom stereocenters. The number of alkyl halides is 3. The molecule has 0 spiro atoms. The van der Waals surface area contributed by atoms with Crippen LogP contribution in [-0.2, 0) is 12.7 Å². The minimum Gasteiger partial charge on any atom is -0.406 e. The van der Waals surface area contributed by atoms with E-state index in [1.165, 1.54) is 6.07 Å². The number of anilines is 2. The number of benzene rings is 1. The Labute approximate surface area is 114 Å². The quantitative estimate of drug-likeness (QED) is 0.900. The third-order valence-electron chi connectivity index (χ3n) is 2.18. The van der Waals surface area contributed by atoms with Crippen LogP contribution in [0.4, 0.5) is 24.9 Å². The zero-order valence-corrected chi connectivity index (χ0v) is 10.9. The van der Waals surface area contributed by atoms with Gasteiger partial charge in [-0.25, -0.2) is 0 Å². The van der Waals surface area contributed by atoms with Crippen LogP contribution in [0, 0.1) is 0 Å². The fourth-order valence-electron chi connectivity index (χ4n) is 1.30. The zero-order chi connectivity index (χ0) is 14.0. The van der Waals surface area contributed by atoms with Crippen molar-refractivity contribution in [1.29, 1.82) is 0 Å². The lowest BCUT2D eigenvalue weighted by molar-refractivity contribution is -0.137. The van der Waals surface area contributed by atoms with E-state index in [-0.39, 0.29) is 24.1 Å². The Bertz CT molecular complexity index is 584. The molecule has 19 heavy (non-hydrogen) atoms. The predicted octanol–water partition coefficient (Wildman–Crippen LogP) is 3.05. The fourth-order valence-corrected chi connectivity index (χ4v) is 1.64. The van der Waals surface area contributed by atoms with Crippen molar-refractivity contribution in [3.8, 4) is 0 Å². The SMILES string of the molecule is NCc1nnc(Nc2cc(C(F)(F)F)ccc2Br)o1. The van der Waals surface area contributed by atoms with Gasteiger partial charge in [0.15, 0.2) is 0 Å². The monoisotopic (exact) mass is 336 g/mol. The summed E-state index contributed by atoms with van der Waals surface area (Å²) >= 11 is 3.13.